The second-order valence-corrected chi connectivity index (χ2v) is 5.73. The van der Waals surface area contributed by atoms with Gasteiger partial charge in [-0.2, -0.15) is 0 Å². The Morgan fingerprint density at radius 1 is 1.37 bits per heavy atom. The van der Waals surface area contributed by atoms with E-state index in [1.54, 1.807) is 12.1 Å². The first-order chi connectivity index (χ1) is 8.90. The van der Waals surface area contributed by atoms with E-state index in [1.807, 2.05) is 4.90 Å². The van der Waals surface area contributed by atoms with E-state index in [-0.39, 0.29) is 5.91 Å². The highest BCUT2D eigenvalue weighted by Gasteiger charge is 2.25. The molecular formula is C13H17Cl2N3O. The van der Waals surface area contributed by atoms with E-state index in [2.05, 4.69) is 18.9 Å². The molecule has 1 aliphatic rings. The van der Waals surface area contributed by atoms with Crippen LogP contribution in [0.2, 0.25) is 10.0 Å². The van der Waals surface area contributed by atoms with Gasteiger partial charge in [-0.1, -0.05) is 23.2 Å². The van der Waals surface area contributed by atoms with Crippen LogP contribution in [0.15, 0.2) is 12.1 Å². The van der Waals surface area contributed by atoms with Gasteiger partial charge in [0.2, 0.25) is 0 Å². The van der Waals surface area contributed by atoms with Crippen molar-refractivity contribution in [3.05, 3.63) is 27.7 Å². The molecule has 104 valence electrons. The molecule has 1 aromatic rings. The van der Waals surface area contributed by atoms with Crippen LogP contribution in [-0.2, 0) is 0 Å². The summed E-state index contributed by atoms with van der Waals surface area (Å²) in [7, 11) is 2.06. The summed E-state index contributed by atoms with van der Waals surface area (Å²) in [6.45, 7) is 4.38. The van der Waals surface area contributed by atoms with Crippen molar-refractivity contribution in [1.29, 1.82) is 0 Å². The van der Waals surface area contributed by atoms with E-state index in [0.717, 1.165) is 6.54 Å². The Bertz CT molecular complexity index is 484. The van der Waals surface area contributed by atoms with Crippen molar-refractivity contribution in [2.45, 2.75) is 13.0 Å². The maximum absolute atomic E-state index is 12.4. The van der Waals surface area contributed by atoms with Crippen LogP contribution in [-0.4, -0.2) is 48.4 Å². The zero-order chi connectivity index (χ0) is 14.2. The number of amides is 1. The molecule has 0 saturated carbocycles. The number of likely N-dealkylation sites (N-methyl/N-ethyl adjacent to an activating group) is 1. The number of rotatable bonds is 1. The van der Waals surface area contributed by atoms with Gasteiger partial charge in [-0.05, 0) is 26.1 Å². The van der Waals surface area contributed by atoms with E-state index in [0.29, 0.717) is 40.4 Å². The molecule has 4 nitrogen and oxygen atoms in total. The molecule has 0 bridgehead atoms. The van der Waals surface area contributed by atoms with E-state index < -0.39 is 0 Å². The fourth-order valence-electron chi connectivity index (χ4n) is 2.15. The molecule has 0 spiro atoms. The Morgan fingerprint density at radius 2 is 2.05 bits per heavy atom. The van der Waals surface area contributed by atoms with Crippen LogP contribution in [0.5, 0.6) is 0 Å². The van der Waals surface area contributed by atoms with Gasteiger partial charge in [0.1, 0.15) is 0 Å². The van der Waals surface area contributed by atoms with Crippen LogP contribution in [0.4, 0.5) is 5.69 Å². The Balaban J connectivity index is 2.20. The Kier molecular flexibility index (Phi) is 4.23. The Hall–Kier alpha value is -0.970. The molecule has 1 aliphatic heterocycles. The van der Waals surface area contributed by atoms with Crippen LogP contribution in [0.3, 0.4) is 0 Å². The summed E-state index contributed by atoms with van der Waals surface area (Å²) >= 11 is 11.9. The van der Waals surface area contributed by atoms with Gasteiger partial charge in [0.25, 0.3) is 5.91 Å². The number of nitrogens with zero attached hydrogens (tertiary/aromatic N) is 2. The van der Waals surface area contributed by atoms with Gasteiger partial charge in [-0.3, -0.25) is 4.79 Å². The zero-order valence-corrected chi connectivity index (χ0v) is 12.5. The summed E-state index contributed by atoms with van der Waals surface area (Å²) in [4.78, 5) is 16.5. The second kappa shape index (κ2) is 5.57. The highest BCUT2D eigenvalue weighted by Crippen LogP contribution is 2.30. The van der Waals surface area contributed by atoms with E-state index in [4.69, 9.17) is 28.9 Å². The number of carbonyl (C=O) groups excluding carboxylic acids is 1. The van der Waals surface area contributed by atoms with Crippen molar-refractivity contribution in [2.24, 2.45) is 0 Å². The SMILES string of the molecule is CC1CN(C(=O)c2cc(N)c(Cl)c(Cl)c2)CCN1C. The lowest BCUT2D eigenvalue weighted by molar-refractivity contribution is 0.0572. The lowest BCUT2D eigenvalue weighted by atomic mass is 10.1. The number of halogens is 2. The van der Waals surface area contributed by atoms with Crippen LogP contribution in [0.25, 0.3) is 0 Å². The van der Waals surface area contributed by atoms with Crippen molar-refractivity contribution in [3.8, 4) is 0 Å². The van der Waals surface area contributed by atoms with Crippen LogP contribution < -0.4 is 5.73 Å². The highest BCUT2D eigenvalue weighted by atomic mass is 35.5. The van der Waals surface area contributed by atoms with Gasteiger partial charge >= 0.3 is 0 Å². The largest absolute Gasteiger partial charge is 0.397 e. The molecule has 6 heteroatoms. The quantitative estimate of drug-likeness (QED) is 0.810. The first-order valence-electron chi connectivity index (χ1n) is 6.14. The first kappa shape index (κ1) is 14.4. The molecule has 1 saturated heterocycles. The second-order valence-electron chi connectivity index (χ2n) is 4.94. The van der Waals surface area contributed by atoms with Gasteiger partial charge in [-0.15, -0.1) is 0 Å². The fraction of sp³-hybridized carbons (Fsp3) is 0.462. The zero-order valence-electron chi connectivity index (χ0n) is 11.0. The van der Waals surface area contributed by atoms with Crippen molar-refractivity contribution in [2.75, 3.05) is 32.4 Å². The topological polar surface area (TPSA) is 49.6 Å². The van der Waals surface area contributed by atoms with Gasteiger partial charge in [0.15, 0.2) is 0 Å². The molecule has 1 fully saturated rings. The monoisotopic (exact) mass is 301 g/mol. The molecule has 1 aromatic carbocycles. The van der Waals surface area contributed by atoms with Crippen LogP contribution in [0.1, 0.15) is 17.3 Å². The average Bonchev–Trinajstić information content (AvgIpc) is 2.37. The Morgan fingerprint density at radius 3 is 2.63 bits per heavy atom. The molecule has 2 N–H and O–H groups in total. The number of hydrogen-bond acceptors (Lipinski definition) is 3. The van der Waals surface area contributed by atoms with E-state index in [1.165, 1.54) is 0 Å². The standard InChI is InChI=1S/C13H17Cl2N3O/c1-8-7-18(4-3-17(8)2)13(19)9-5-10(14)12(15)11(16)6-9/h5-6,8H,3-4,7,16H2,1-2H3. The molecule has 1 heterocycles. The molecule has 2 rings (SSSR count). The van der Waals surface area contributed by atoms with E-state index in [9.17, 15) is 4.79 Å². The molecule has 1 atom stereocenters. The van der Waals surface area contributed by atoms with Gasteiger partial charge < -0.3 is 15.5 Å². The summed E-state index contributed by atoms with van der Waals surface area (Å²) in [5.74, 6) is -0.0507. The fourth-order valence-corrected chi connectivity index (χ4v) is 2.49. The highest BCUT2D eigenvalue weighted by molar-refractivity contribution is 6.43. The maximum Gasteiger partial charge on any atom is 0.254 e. The van der Waals surface area contributed by atoms with Crippen molar-refractivity contribution < 1.29 is 4.79 Å². The summed E-state index contributed by atoms with van der Waals surface area (Å²) in [5.41, 5.74) is 6.57. The summed E-state index contributed by atoms with van der Waals surface area (Å²) in [6.07, 6.45) is 0. The molecular weight excluding hydrogens is 285 g/mol. The number of piperazine rings is 1. The first-order valence-corrected chi connectivity index (χ1v) is 6.89. The van der Waals surface area contributed by atoms with Crippen molar-refractivity contribution >= 4 is 34.8 Å². The number of benzene rings is 1. The third kappa shape index (κ3) is 2.96. The molecule has 0 aliphatic carbocycles. The number of nitrogen functional groups attached to an aromatic ring is 1. The third-order valence-electron chi connectivity index (χ3n) is 3.55. The molecule has 0 radical (unpaired) electrons. The van der Waals surface area contributed by atoms with Gasteiger partial charge in [-0.25, -0.2) is 0 Å². The number of hydrogen-bond donors (Lipinski definition) is 1. The third-order valence-corrected chi connectivity index (χ3v) is 4.37. The molecule has 19 heavy (non-hydrogen) atoms. The minimum Gasteiger partial charge on any atom is -0.397 e. The molecule has 1 amide bonds. The molecule has 0 aromatic heterocycles. The summed E-state index contributed by atoms with van der Waals surface area (Å²) in [6, 6.07) is 3.50. The van der Waals surface area contributed by atoms with Gasteiger partial charge in [0.05, 0.1) is 15.7 Å². The predicted molar refractivity (Wildman–Crippen MR) is 78.9 cm³/mol. The van der Waals surface area contributed by atoms with Crippen molar-refractivity contribution in [3.63, 3.8) is 0 Å². The van der Waals surface area contributed by atoms with Gasteiger partial charge in [0, 0.05) is 31.2 Å². The van der Waals surface area contributed by atoms with Crippen LogP contribution in [0, 0.1) is 0 Å². The smallest absolute Gasteiger partial charge is 0.254 e. The number of anilines is 1. The number of nitrogens with two attached hydrogens (primary N) is 1. The lowest BCUT2D eigenvalue weighted by Crippen LogP contribution is -2.52. The Labute approximate surface area is 123 Å². The minimum atomic E-state index is -0.0507. The van der Waals surface area contributed by atoms with E-state index >= 15 is 0 Å². The van der Waals surface area contributed by atoms with Crippen molar-refractivity contribution in [1.82, 2.24) is 9.80 Å². The minimum absolute atomic E-state index is 0.0507. The molecule has 1 unspecified atom stereocenters. The maximum atomic E-state index is 12.4. The predicted octanol–water partition coefficient (Wildman–Crippen LogP) is 2.35. The van der Waals surface area contributed by atoms with Crippen LogP contribution >= 0.6 is 23.2 Å². The number of carbonyl (C=O) groups is 1. The average molecular weight is 302 g/mol. The normalized spacial score (nSPS) is 20.6. The lowest BCUT2D eigenvalue weighted by Gasteiger charge is -2.37. The summed E-state index contributed by atoms with van der Waals surface area (Å²) < 4.78 is 0. The summed E-state index contributed by atoms with van der Waals surface area (Å²) in [5, 5.41) is 0.608.